The van der Waals surface area contributed by atoms with Gasteiger partial charge in [0.05, 0.1) is 26.5 Å². The van der Waals surface area contributed by atoms with Crippen molar-refractivity contribution in [3.63, 3.8) is 0 Å². The number of methoxy groups -OCH3 is 1. The number of anilines is 1. The fraction of sp³-hybridized carbons (Fsp3) is 0.158. The Hall–Kier alpha value is -4.16. The molecule has 0 aliphatic rings. The van der Waals surface area contributed by atoms with Crippen molar-refractivity contribution in [2.75, 3.05) is 25.8 Å². The molecule has 0 aliphatic heterocycles. The van der Waals surface area contributed by atoms with Crippen LogP contribution < -0.4 is 15.0 Å². The van der Waals surface area contributed by atoms with Crippen molar-refractivity contribution >= 4 is 5.82 Å². The fourth-order valence-electron chi connectivity index (χ4n) is 2.61. The predicted molar refractivity (Wildman–Crippen MR) is 108 cm³/mol. The van der Waals surface area contributed by atoms with Crippen LogP contribution in [-0.2, 0) is 4.84 Å². The quantitative estimate of drug-likeness (QED) is 0.267. The molecule has 0 atom stereocenters. The van der Waals surface area contributed by atoms with E-state index in [-0.39, 0.29) is 19.0 Å². The van der Waals surface area contributed by atoms with E-state index < -0.39 is 0 Å². The molecule has 0 aliphatic carbocycles. The Morgan fingerprint density at radius 3 is 2.71 bits per heavy atom. The second-order valence-electron chi connectivity index (χ2n) is 6.00. The molecule has 31 heavy (non-hydrogen) atoms. The number of hydrogen-bond donors (Lipinski definition) is 3. The zero-order valence-corrected chi connectivity index (χ0v) is 16.4. The monoisotopic (exact) mass is 422 g/mol. The molecular weight excluding hydrogens is 404 g/mol. The van der Waals surface area contributed by atoms with Gasteiger partial charge in [0.15, 0.2) is 28.9 Å². The minimum absolute atomic E-state index is 0.0602. The van der Waals surface area contributed by atoms with Gasteiger partial charge in [-0.05, 0) is 29.5 Å². The lowest BCUT2D eigenvalue weighted by Gasteiger charge is -2.14. The Morgan fingerprint density at radius 1 is 1.06 bits per heavy atom. The molecule has 3 heterocycles. The van der Waals surface area contributed by atoms with Crippen LogP contribution in [0.15, 0.2) is 48.8 Å². The second kappa shape index (κ2) is 9.56. The molecule has 3 N–H and O–H groups in total. The summed E-state index contributed by atoms with van der Waals surface area (Å²) < 4.78 is 11.3. The third kappa shape index (κ3) is 4.71. The third-order valence-electron chi connectivity index (χ3n) is 4.00. The number of aliphatic hydroxyl groups excluding tert-OH is 1. The average Bonchev–Trinajstić information content (AvgIpc) is 3.36. The smallest absolute Gasteiger partial charge is 0.222 e. The lowest BCUT2D eigenvalue weighted by molar-refractivity contribution is 0.131. The van der Waals surface area contributed by atoms with E-state index >= 15 is 0 Å². The third-order valence-corrected chi connectivity index (χ3v) is 4.00. The summed E-state index contributed by atoms with van der Waals surface area (Å²) in [6.45, 7) is -0.100. The number of aliphatic hydroxyl groups is 1. The van der Waals surface area contributed by atoms with Crippen molar-refractivity contribution in [2.24, 2.45) is 0 Å². The number of tetrazole rings is 1. The summed E-state index contributed by atoms with van der Waals surface area (Å²) in [5, 5.41) is 22.8. The van der Waals surface area contributed by atoms with Crippen molar-refractivity contribution in [3.8, 4) is 40.2 Å². The highest BCUT2D eigenvalue weighted by Gasteiger charge is 2.15. The van der Waals surface area contributed by atoms with E-state index in [1.165, 1.54) is 6.20 Å². The number of nitrogens with one attached hydrogen (secondary N) is 2. The number of ether oxygens (including phenoxy) is 2. The van der Waals surface area contributed by atoms with Gasteiger partial charge in [0.2, 0.25) is 5.82 Å². The van der Waals surface area contributed by atoms with Crippen LogP contribution in [0.1, 0.15) is 0 Å². The van der Waals surface area contributed by atoms with Gasteiger partial charge in [0.1, 0.15) is 5.69 Å². The second-order valence-corrected chi connectivity index (χ2v) is 6.00. The summed E-state index contributed by atoms with van der Waals surface area (Å²) in [7, 11) is 1.55. The van der Waals surface area contributed by atoms with Crippen molar-refractivity contribution in [1.29, 1.82) is 0 Å². The Balaban J connectivity index is 1.67. The van der Waals surface area contributed by atoms with E-state index in [2.05, 4.69) is 41.1 Å². The number of benzene rings is 1. The van der Waals surface area contributed by atoms with Crippen LogP contribution >= 0.6 is 0 Å². The topological polar surface area (TPSA) is 153 Å². The van der Waals surface area contributed by atoms with Crippen molar-refractivity contribution < 1.29 is 19.4 Å². The van der Waals surface area contributed by atoms with Crippen molar-refractivity contribution in [1.82, 2.24) is 35.6 Å². The predicted octanol–water partition coefficient (Wildman–Crippen LogP) is 1.86. The summed E-state index contributed by atoms with van der Waals surface area (Å²) in [6.07, 6.45) is 3.10. The number of nitrogens with zero attached hydrogens (tertiary/aromatic N) is 6. The highest BCUT2D eigenvalue weighted by molar-refractivity contribution is 5.64. The van der Waals surface area contributed by atoms with E-state index in [0.29, 0.717) is 40.2 Å². The van der Waals surface area contributed by atoms with E-state index in [4.69, 9.17) is 19.4 Å². The Morgan fingerprint density at radius 2 is 1.94 bits per heavy atom. The lowest BCUT2D eigenvalue weighted by Crippen LogP contribution is -2.09. The maximum Gasteiger partial charge on any atom is 0.222 e. The summed E-state index contributed by atoms with van der Waals surface area (Å²) in [4.78, 5) is 18.4. The molecule has 0 saturated heterocycles. The summed E-state index contributed by atoms with van der Waals surface area (Å²) in [5.74, 6) is 2.33. The van der Waals surface area contributed by atoms with Crippen LogP contribution in [0, 0.1) is 0 Å². The first-order valence-electron chi connectivity index (χ1n) is 9.15. The van der Waals surface area contributed by atoms with Gasteiger partial charge < -0.3 is 14.6 Å². The number of aromatic amines is 1. The molecule has 12 heteroatoms. The van der Waals surface area contributed by atoms with Gasteiger partial charge in [-0.3, -0.25) is 9.82 Å². The molecule has 0 fully saturated rings. The summed E-state index contributed by atoms with van der Waals surface area (Å²) >= 11 is 0. The molecular formula is C19H18N8O4. The molecule has 0 unspecified atom stereocenters. The van der Waals surface area contributed by atoms with Gasteiger partial charge in [0, 0.05) is 11.8 Å². The Bertz CT molecular complexity index is 1140. The number of hydrogen-bond acceptors (Lipinski definition) is 11. The first-order valence-corrected chi connectivity index (χ1v) is 9.15. The number of H-pyrrole nitrogens is 1. The average molecular weight is 422 g/mol. The SMILES string of the molecule is COc1ccccc1Oc1cnc(-c2ccnc(-c3nn[nH]n3)c2)nc1NOCCO. The maximum absolute atomic E-state index is 9.00. The first-order chi connectivity index (χ1) is 15.3. The van der Waals surface area contributed by atoms with E-state index in [0.717, 1.165) is 0 Å². The van der Waals surface area contributed by atoms with Gasteiger partial charge in [-0.15, -0.1) is 10.2 Å². The molecule has 0 saturated carbocycles. The molecule has 12 nitrogen and oxygen atoms in total. The largest absolute Gasteiger partial charge is 0.493 e. The standard InChI is InChI=1S/C19H18N8O4/c1-29-14-4-2-3-5-15(14)31-16-11-21-17(22-19(16)25-30-9-8-28)12-6-7-20-13(10-12)18-23-26-27-24-18/h2-7,10-11,28H,8-9H2,1H3,(H,21,22,25)(H,23,24,26,27). The van der Waals surface area contributed by atoms with Crippen molar-refractivity contribution in [2.45, 2.75) is 0 Å². The highest BCUT2D eigenvalue weighted by Crippen LogP contribution is 2.34. The zero-order valence-electron chi connectivity index (χ0n) is 16.4. The fourth-order valence-corrected chi connectivity index (χ4v) is 2.61. The molecule has 1 aromatic carbocycles. The Kier molecular flexibility index (Phi) is 6.21. The molecule has 158 valence electrons. The van der Waals surface area contributed by atoms with Gasteiger partial charge in [-0.25, -0.2) is 15.4 Å². The minimum atomic E-state index is -0.161. The minimum Gasteiger partial charge on any atom is -0.493 e. The zero-order chi connectivity index (χ0) is 21.5. The normalized spacial score (nSPS) is 10.6. The molecule has 0 radical (unpaired) electrons. The highest BCUT2D eigenvalue weighted by atomic mass is 16.7. The first kappa shape index (κ1) is 20.1. The maximum atomic E-state index is 9.00. The number of rotatable bonds is 9. The molecule has 4 aromatic rings. The molecule has 0 amide bonds. The van der Waals surface area contributed by atoms with Crippen LogP contribution in [0.4, 0.5) is 5.82 Å². The van der Waals surface area contributed by atoms with Gasteiger partial charge in [0.25, 0.3) is 0 Å². The molecule has 3 aromatic heterocycles. The number of aromatic nitrogens is 7. The summed E-state index contributed by atoms with van der Waals surface area (Å²) in [6, 6.07) is 10.7. The van der Waals surface area contributed by atoms with E-state index in [9.17, 15) is 0 Å². The lowest BCUT2D eigenvalue weighted by atomic mass is 10.2. The van der Waals surface area contributed by atoms with Gasteiger partial charge >= 0.3 is 0 Å². The van der Waals surface area contributed by atoms with E-state index in [1.807, 2.05) is 12.1 Å². The number of pyridine rings is 1. The van der Waals surface area contributed by atoms with Crippen molar-refractivity contribution in [3.05, 3.63) is 48.8 Å². The Labute approximate surface area is 176 Å². The number of para-hydroxylation sites is 2. The summed E-state index contributed by atoms with van der Waals surface area (Å²) in [5.41, 5.74) is 3.87. The molecule has 0 spiro atoms. The molecule has 0 bridgehead atoms. The van der Waals surface area contributed by atoms with Crippen LogP contribution in [-0.4, -0.2) is 61.0 Å². The van der Waals surface area contributed by atoms with Gasteiger partial charge in [-0.1, -0.05) is 12.1 Å². The molecule has 4 rings (SSSR count). The van der Waals surface area contributed by atoms with Crippen LogP contribution in [0.2, 0.25) is 0 Å². The van der Waals surface area contributed by atoms with Crippen LogP contribution in [0.25, 0.3) is 22.9 Å². The van der Waals surface area contributed by atoms with Crippen LogP contribution in [0.5, 0.6) is 17.2 Å². The van der Waals surface area contributed by atoms with Crippen LogP contribution in [0.3, 0.4) is 0 Å². The van der Waals surface area contributed by atoms with Gasteiger partial charge in [-0.2, -0.15) is 5.21 Å². The van der Waals surface area contributed by atoms with E-state index in [1.54, 1.807) is 37.6 Å².